The van der Waals surface area contributed by atoms with Crippen LogP contribution in [0.25, 0.3) is 10.9 Å². The van der Waals surface area contributed by atoms with Crippen LogP contribution in [0.2, 0.25) is 0 Å². The topological polar surface area (TPSA) is 40.3 Å². The summed E-state index contributed by atoms with van der Waals surface area (Å²) in [6.07, 6.45) is 4.13. The smallest absolute Gasteiger partial charge is 0.119 e. The first-order chi connectivity index (χ1) is 9.83. The van der Waals surface area contributed by atoms with Crippen LogP contribution in [0.5, 0.6) is 5.75 Å². The van der Waals surface area contributed by atoms with E-state index < -0.39 is 0 Å². The zero-order chi connectivity index (χ0) is 13.9. The molecular formula is C16H23Cl2N3O. The number of piperazine rings is 1. The first kappa shape index (κ1) is 18.8. The summed E-state index contributed by atoms with van der Waals surface area (Å²) >= 11 is 0. The Bertz CT molecular complexity index is 608. The first-order valence-corrected chi connectivity index (χ1v) is 7.06. The van der Waals surface area contributed by atoms with Gasteiger partial charge in [0.05, 0.1) is 13.2 Å². The van der Waals surface area contributed by atoms with Crippen LogP contribution in [-0.4, -0.2) is 43.2 Å². The highest BCUT2D eigenvalue weighted by Gasteiger charge is 2.22. The average Bonchev–Trinajstić information content (AvgIpc) is 2.92. The van der Waals surface area contributed by atoms with Crippen molar-refractivity contribution in [3.05, 3.63) is 42.6 Å². The van der Waals surface area contributed by atoms with Crippen molar-refractivity contribution in [2.75, 3.05) is 33.3 Å². The molecule has 2 heterocycles. The SMILES string of the molecule is C=C[C@@H](c1c[nH]c2ccc(OC)cc12)N1CCNCC1.Cl.Cl. The molecule has 1 aromatic heterocycles. The number of fused-ring (bicyclic) bond motifs is 1. The van der Waals surface area contributed by atoms with Crippen molar-refractivity contribution >= 4 is 35.7 Å². The van der Waals surface area contributed by atoms with Gasteiger partial charge < -0.3 is 15.0 Å². The van der Waals surface area contributed by atoms with Crippen molar-refractivity contribution in [1.82, 2.24) is 15.2 Å². The number of hydrogen-bond acceptors (Lipinski definition) is 3. The summed E-state index contributed by atoms with van der Waals surface area (Å²) in [7, 11) is 1.70. The van der Waals surface area contributed by atoms with Gasteiger partial charge in [0.2, 0.25) is 0 Å². The lowest BCUT2D eigenvalue weighted by Crippen LogP contribution is -2.44. The molecule has 0 spiro atoms. The largest absolute Gasteiger partial charge is 0.497 e. The maximum Gasteiger partial charge on any atom is 0.119 e. The minimum Gasteiger partial charge on any atom is -0.497 e. The Balaban J connectivity index is 0.00000121. The number of methoxy groups -OCH3 is 1. The number of aromatic amines is 1. The van der Waals surface area contributed by atoms with Gasteiger partial charge in [0.1, 0.15) is 5.75 Å². The second-order valence-corrected chi connectivity index (χ2v) is 5.12. The van der Waals surface area contributed by atoms with Gasteiger partial charge in [-0.3, -0.25) is 4.90 Å². The van der Waals surface area contributed by atoms with Crippen molar-refractivity contribution in [1.29, 1.82) is 0 Å². The number of nitrogens with zero attached hydrogens (tertiary/aromatic N) is 1. The summed E-state index contributed by atoms with van der Waals surface area (Å²) in [6.45, 7) is 8.21. The van der Waals surface area contributed by atoms with Crippen molar-refractivity contribution in [3.8, 4) is 5.75 Å². The lowest BCUT2D eigenvalue weighted by Gasteiger charge is -2.33. The van der Waals surface area contributed by atoms with Gasteiger partial charge in [0.25, 0.3) is 0 Å². The van der Waals surface area contributed by atoms with Crippen LogP contribution in [0.15, 0.2) is 37.1 Å². The number of hydrogen-bond donors (Lipinski definition) is 2. The molecule has 4 nitrogen and oxygen atoms in total. The zero-order valence-corrected chi connectivity index (χ0v) is 14.3. The predicted octanol–water partition coefficient (Wildman–Crippen LogP) is 3.15. The van der Waals surface area contributed by atoms with Gasteiger partial charge in [0, 0.05) is 43.3 Å². The molecule has 6 heteroatoms. The van der Waals surface area contributed by atoms with Crippen molar-refractivity contribution in [3.63, 3.8) is 0 Å². The molecule has 1 aliphatic heterocycles. The fourth-order valence-corrected chi connectivity index (χ4v) is 2.93. The second-order valence-electron chi connectivity index (χ2n) is 5.12. The van der Waals surface area contributed by atoms with Crippen LogP contribution in [0.3, 0.4) is 0 Å². The van der Waals surface area contributed by atoms with Crippen LogP contribution in [-0.2, 0) is 0 Å². The summed E-state index contributed by atoms with van der Waals surface area (Å²) in [6, 6.07) is 6.39. The summed E-state index contributed by atoms with van der Waals surface area (Å²) in [5, 5.41) is 4.61. The van der Waals surface area contributed by atoms with Crippen LogP contribution in [0, 0.1) is 0 Å². The maximum absolute atomic E-state index is 5.34. The van der Waals surface area contributed by atoms with Crippen LogP contribution in [0.1, 0.15) is 11.6 Å². The van der Waals surface area contributed by atoms with E-state index >= 15 is 0 Å². The van der Waals surface area contributed by atoms with Crippen molar-refractivity contribution < 1.29 is 4.74 Å². The number of ether oxygens (including phenoxy) is 1. The Kier molecular flexibility index (Phi) is 7.23. The lowest BCUT2D eigenvalue weighted by atomic mass is 10.0. The lowest BCUT2D eigenvalue weighted by molar-refractivity contribution is 0.204. The molecule has 2 aromatic rings. The Morgan fingerprint density at radius 3 is 2.64 bits per heavy atom. The molecule has 1 saturated heterocycles. The van der Waals surface area contributed by atoms with E-state index in [4.69, 9.17) is 4.74 Å². The van der Waals surface area contributed by atoms with Gasteiger partial charge in [-0.15, -0.1) is 31.4 Å². The fourth-order valence-electron chi connectivity index (χ4n) is 2.93. The van der Waals surface area contributed by atoms with Gasteiger partial charge in [-0.05, 0) is 23.8 Å². The van der Waals surface area contributed by atoms with Crippen LogP contribution in [0.4, 0.5) is 0 Å². The molecule has 1 fully saturated rings. The molecular weight excluding hydrogens is 321 g/mol. The molecule has 2 N–H and O–H groups in total. The molecule has 0 radical (unpaired) electrons. The number of nitrogens with one attached hydrogen (secondary N) is 2. The van der Waals surface area contributed by atoms with E-state index in [9.17, 15) is 0 Å². The highest BCUT2D eigenvalue weighted by Crippen LogP contribution is 2.31. The molecule has 1 aliphatic rings. The Hall–Kier alpha value is -1.20. The predicted molar refractivity (Wildman–Crippen MR) is 96.7 cm³/mol. The van der Waals surface area contributed by atoms with Crippen LogP contribution >= 0.6 is 24.8 Å². The van der Waals surface area contributed by atoms with E-state index in [0.717, 1.165) is 37.4 Å². The van der Waals surface area contributed by atoms with Gasteiger partial charge in [-0.2, -0.15) is 0 Å². The van der Waals surface area contributed by atoms with Gasteiger partial charge in [-0.25, -0.2) is 0 Å². The number of halogens is 2. The van der Waals surface area contributed by atoms with Crippen molar-refractivity contribution in [2.45, 2.75) is 6.04 Å². The third-order valence-corrected chi connectivity index (χ3v) is 4.01. The van der Waals surface area contributed by atoms with E-state index in [0.29, 0.717) is 0 Å². The quantitative estimate of drug-likeness (QED) is 0.837. The van der Waals surface area contributed by atoms with Gasteiger partial charge >= 0.3 is 0 Å². The molecule has 0 aliphatic carbocycles. The molecule has 1 atom stereocenters. The van der Waals surface area contributed by atoms with E-state index in [1.54, 1.807) is 7.11 Å². The number of rotatable bonds is 4. The third-order valence-electron chi connectivity index (χ3n) is 4.01. The van der Waals surface area contributed by atoms with Crippen LogP contribution < -0.4 is 10.1 Å². The molecule has 0 bridgehead atoms. The number of H-pyrrole nitrogens is 1. The molecule has 22 heavy (non-hydrogen) atoms. The van der Waals surface area contributed by atoms with Gasteiger partial charge in [-0.1, -0.05) is 6.08 Å². The average molecular weight is 344 g/mol. The summed E-state index contributed by atoms with van der Waals surface area (Å²) in [5.74, 6) is 0.890. The van der Waals surface area contributed by atoms with E-state index in [1.807, 2.05) is 12.1 Å². The van der Waals surface area contributed by atoms with Gasteiger partial charge in [0.15, 0.2) is 0 Å². The maximum atomic E-state index is 5.34. The standard InChI is InChI=1S/C16H21N3O.2ClH/c1-3-16(19-8-6-17-7-9-19)14-11-18-15-5-4-12(20-2)10-13(14)15;;/h3-5,10-11,16-18H,1,6-9H2,2H3;2*1H/t16-;;/m0../s1. The fraction of sp³-hybridized carbons (Fsp3) is 0.375. The zero-order valence-electron chi connectivity index (χ0n) is 12.7. The molecule has 3 rings (SSSR count). The Morgan fingerprint density at radius 2 is 2.00 bits per heavy atom. The second kappa shape index (κ2) is 8.44. The minimum absolute atomic E-state index is 0. The molecule has 0 saturated carbocycles. The third kappa shape index (κ3) is 3.58. The highest BCUT2D eigenvalue weighted by molar-refractivity contribution is 5.86. The van der Waals surface area contributed by atoms with E-state index in [-0.39, 0.29) is 30.9 Å². The summed E-state index contributed by atoms with van der Waals surface area (Å²) < 4.78 is 5.34. The molecule has 122 valence electrons. The molecule has 0 amide bonds. The normalized spacial score (nSPS) is 16.4. The number of aromatic nitrogens is 1. The summed E-state index contributed by atoms with van der Waals surface area (Å²) in [4.78, 5) is 5.81. The van der Waals surface area contributed by atoms with E-state index in [2.05, 4.69) is 40.1 Å². The monoisotopic (exact) mass is 343 g/mol. The minimum atomic E-state index is 0. The summed E-state index contributed by atoms with van der Waals surface area (Å²) in [5.41, 5.74) is 2.42. The number of benzene rings is 1. The molecule has 0 unspecified atom stereocenters. The Labute approximate surface area is 143 Å². The Morgan fingerprint density at radius 1 is 1.27 bits per heavy atom. The van der Waals surface area contributed by atoms with E-state index in [1.165, 1.54) is 10.9 Å². The first-order valence-electron chi connectivity index (χ1n) is 7.06. The molecule has 1 aromatic carbocycles. The van der Waals surface area contributed by atoms with Crippen molar-refractivity contribution in [2.24, 2.45) is 0 Å². The highest BCUT2D eigenvalue weighted by atomic mass is 35.5.